The number of hydrogen-bond donors (Lipinski definition) is 5. The molecule has 3 aromatic carbocycles. The number of nitrogens with one attached hydrogen (secondary N) is 1. The Morgan fingerprint density at radius 2 is 1.56 bits per heavy atom. The molecule has 166 valence electrons. The van der Waals surface area contributed by atoms with Crippen LogP contribution in [0.25, 0.3) is 11.1 Å². The van der Waals surface area contributed by atoms with Gasteiger partial charge in [0.25, 0.3) is 0 Å². The van der Waals surface area contributed by atoms with Gasteiger partial charge in [-0.1, -0.05) is 48.5 Å². The first-order chi connectivity index (χ1) is 15.5. The molecule has 0 radical (unpaired) electrons. The normalized spacial score (nSPS) is 14.3. The topological polar surface area (TPSA) is 119 Å². The number of carbonyl (C=O) groups excluding carboxylic acids is 1. The van der Waals surface area contributed by atoms with E-state index in [4.69, 9.17) is 4.74 Å². The van der Waals surface area contributed by atoms with Gasteiger partial charge in [-0.3, -0.25) is 0 Å². The lowest BCUT2D eigenvalue weighted by atomic mass is 9.98. The second kappa shape index (κ2) is 9.30. The predicted molar refractivity (Wildman–Crippen MR) is 118 cm³/mol. The van der Waals surface area contributed by atoms with Crippen LogP contribution in [-0.4, -0.2) is 45.8 Å². The lowest BCUT2D eigenvalue weighted by molar-refractivity contribution is 0.0123. The molecule has 2 atom stereocenters. The molecule has 7 heteroatoms. The summed E-state index contributed by atoms with van der Waals surface area (Å²) >= 11 is 0. The quantitative estimate of drug-likeness (QED) is 0.388. The van der Waals surface area contributed by atoms with Crippen molar-refractivity contribution < 1.29 is 30.0 Å². The molecule has 0 spiro atoms. The summed E-state index contributed by atoms with van der Waals surface area (Å²) in [5.41, 5.74) is 4.62. The fourth-order valence-corrected chi connectivity index (χ4v) is 4.12. The van der Waals surface area contributed by atoms with E-state index in [1.807, 2.05) is 36.4 Å². The van der Waals surface area contributed by atoms with Crippen molar-refractivity contribution in [2.45, 2.75) is 24.5 Å². The van der Waals surface area contributed by atoms with Gasteiger partial charge in [-0.25, -0.2) is 4.79 Å². The van der Waals surface area contributed by atoms with Crippen LogP contribution >= 0.6 is 0 Å². The van der Waals surface area contributed by atoms with Gasteiger partial charge in [-0.15, -0.1) is 0 Å². The summed E-state index contributed by atoms with van der Waals surface area (Å²) in [6.45, 7) is 0.264. The molecule has 7 nitrogen and oxygen atoms in total. The fourth-order valence-electron chi connectivity index (χ4n) is 4.12. The zero-order chi connectivity index (χ0) is 22.7. The number of phenols is 2. The van der Waals surface area contributed by atoms with Crippen LogP contribution in [0.15, 0.2) is 66.7 Å². The van der Waals surface area contributed by atoms with Gasteiger partial charge < -0.3 is 30.5 Å². The molecule has 3 aromatic rings. The van der Waals surface area contributed by atoms with Crippen LogP contribution in [-0.2, 0) is 4.74 Å². The molecule has 32 heavy (non-hydrogen) atoms. The van der Waals surface area contributed by atoms with Crippen molar-refractivity contribution in [3.8, 4) is 22.6 Å². The maximum atomic E-state index is 12.2. The van der Waals surface area contributed by atoms with E-state index < -0.39 is 18.3 Å². The van der Waals surface area contributed by atoms with Crippen molar-refractivity contribution in [2.75, 3.05) is 13.2 Å². The standard InChI is InChI=1S/C25H25NO6/c27-15-9-10-20(23(29)13-15)24(30)22(28)11-12-26-25(31)32-14-21-18-7-3-1-5-16(18)17-6-2-4-8-19(17)21/h1-10,13,21-22,24,27-30H,11-12,14H2,(H,26,31). The summed E-state index contributed by atoms with van der Waals surface area (Å²) in [4.78, 5) is 12.2. The van der Waals surface area contributed by atoms with Crippen molar-refractivity contribution in [3.63, 3.8) is 0 Å². The molecule has 0 aromatic heterocycles. The van der Waals surface area contributed by atoms with Crippen molar-refractivity contribution >= 4 is 6.09 Å². The number of aliphatic hydroxyl groups is 2. The highest BCUT2D eigenvalue weighted by molar-refractivity contribution is 5.79. The van der Waals surface area contributed by atoms with Crippen LogP contribution in [0.3, 0.4) is 0 Å². The first-order valence-corrected chi connectivity index (χ1v) is 10.4. The summed E-state index contributed by atoms with van der Waals surface area (Å²) in [6.07, 6.45) is -3.15. The van der Waals surface area contributed by atoms with E-state index in [9.17, 15) is 25.2 Å². The Kier molecular flexibility index (Phi) is 6.30. The number of rotatable bonds is 7. The van der Waals surface area contributed by atoms with Gasteiger partial charge >= 0.3 is 6.09 Å². The summed E-state index contributed by atoms with van der Waals surface area (Å²) in [6, 6.07) is 19.8. The number of aliphatic hydroxyl groups excluding tert-OH is 2. The minimum atomic E-state index is -1.36. The Hall–Kier alpha value is -3.55. The van der Waals surface area contributed by atoms with E-state index in [1.165, 1.54) is 12.1 Å². The molecule has 0 fully saturated rings. The van der Waals surface area contributed by atoms with Crippen molar-refractivity contribution in [1.29, 1.82) is 0 Å². The predicted octanol–water partition coefficient (Wildman–Crippen LogP) is 3.42. The summed E-state index contributed by atoms with van der Waals surface area (Å²) in [5.74, 6) is -0.510. The number of hydrogen-bond acceptors (Lipinski definition) is 6. The van der Waals surface area contributed by atoms with Crippen molar-refractivity contribution in [2.24, 2.45) is 0 Å². The number of ether oxygens (including phenoxy) is 1. The number of benzene rings is 3. The van der Waals surface area contributed by atoms with Gasteiger partial charge in [-0.2, -0.15) is 0 Å². The van der Waals surface area contributed by atoms with Crippen LogP contribution in [0.1, 0.15) is 35.1 Å². The highest BCUT2D eigenvalue weighted by Crippen LogP contribution is 2.44. The van der Waals surface area contributed by atoms with E-state index in [-0.39, 0.29) is 42.6 Å². The molecule has 0 bridgehead atoms. The van der Waals surface area contributed by atoms with Crippen LogP contribution in [0.5, 0.6) is 11.5 Å². The van der Waals surface area contributed by atoms with E-state index in [0.717, 1.165) is 28.3 Å². The second-order valence-corrected chi connectivity index (χ2v) is 7.80. The van der Waals surface area contributed by atoms with Crippen LogP contribution in [0.4, 0.5) is 4.79 Å². The molecule has 0 saturated carbocycles. The number of phenolic OH excluding ortho intramolecular Hbond substituents is 2. The molecular formula is C25H25NO6. The second-order valence-electron chi connectivity index (χ2n) is 7.80. The molecule has 1 amide bonds. The van der Waals surface area contributed by atoms with E-state index >= 15 is 0 Å². The minimum Gasteiger partial charge on any atom is -0.508 e. The lowest BCUT2D eigenvalue weighted by Gasteiger charge is -2.19. The van der Waals surface area contributed by atoms with Gasteiger partial charge in [0.2, 0.25) is 0 Å². The average molecular weight is 435 g/mol. The number of carbonyl (C=O) groups is 1. The molecule has 5 N–H and O–H groups in total. The zero-order valence-electron chi connectivity index (χ0n) is 17.3. The number of alkyl carbamates (subject to hydrolysis) is 1. The molecular weight excluding hydrogens is 410 g/mol. The molecule has 1 aliphatic rings. The maximum absolute atomic E-state index is 12.2. The Morgan fingerprint density at radius 1 is 0.938 bits per heavy atom. The smallest absolute Gasteiger partial charge is 0.407 e. The maximum Gasteiger partial charge on any atom is 0.407 e. The molecule has 2 unspecified atom stereocenters. The van der Waals surface area contributed by atoms with E-state index in [2.05, 4.69) is 17.4 Å². The number of aromatic hydroxyl groups is 2. The molecule has 0 saturated heterocycles. The highest BCUT2D eigenvalue weighted by atomic mass is 16.5. The Morgan fingerprint density at radius 3 is 2.19 bits per heavy atom. The monoisotopic (exact) mass is 435 g/mol. The lowest BCUT2D eigenvalue weighted by Crippen LogP contribution is -2.30. The van der Waals surface area contributed by atoms with Crippen LogP contribution < -0.4 is 5.32 Å². The van der Waals surface area contributed by atoms with Crippen LogP contribution in [0, 0.1) is 0 Å². The van der Waals surface area contributed by atoms with Gasteiger partial charge in [0.05, 0.1) is 6.10 Å². The van der Waals surface area contributed by atoms with Gasteiger partial charge in [0.1, 0.15) is 24.2 Å². The third kappa shape index (κ3) is 4.39. The summed E-state index contributed by atoms with van der Waals surface area (Å²) in [7, 11) is 0. The number of amides is 1. The van der Waals surface area contributed by atoms with Gasteiger partial charge in [-0.05, 0) is 40.8 Å². The van der Waals surface area contributed by atoms with Gasteiger partial charge in [0.15, 0.2) is 0 Å². The third-order valence-corrected chi connectivity index (χ3v) is 5.75. The van der Waals surface area contributed by atoms with Crippen molar-refractivity contribution in [3.05, 3.63) is 83.4 Å². The number of fused-ring (bicyclic) bond motifs is 3. The largest absolute Gasteiger partial charge is 0.508 e. The first kappa shape index (κ1) is 21.7. The zero-order valence-corrected chi connectivity index (χ0v) is 17.3. The summed E-state index contributed by atoms with van der Waals surface area (Å²) in [5, 5.41) is 42.1. The van der Waals surface area contributed by atoms with Crippen LogP contribution in [0.2, 0.25) is 0 Å². The first-order valence-electron chi connectivity index (χ1n) is 10.4. The Balaban J connectivity index is 1.29. The molecule has 1 aliphatic carbocycles. The van der Waals surface area contributed by atoms with E-state index in [0.29, 0.717) is 0 Å². The Labute approximate surface area is 185 Å². The average Bonchev–Trinajstić information content (AvgIpc) is 3.11. The molecule has 0 aliphatic heterocycles. The minimum absolute atomic E-state index is 0.0435. The SMILES string of the molecule is O=C(NCCC(O)C(O)c1ccc(O)cc1O)OCC1c2ccccc2-c2ccccc21. The summed E-state index contributed by atoms with van der Waals surface area (Å²) < 4.78 is 5.44. The molecule has 4 rings (SSSR count). The Bertz CT molecular complexity index is 1070. The van der Waals surface area contributed by atoms with Gasteiger partial charge in [0, 0.05) is 24.1 Å². The highest BCUT2D eigenvalue weighted by Gasteiger charge is 2.29. The third-order valence-electron chi connectivity index (χ3n) is 5.75. The van der Waals surface area contributed by atoms with Crippen molar-refractivity contribution in [1.82, 2.24) is 5.32 Å². The molecule has 0 heterocycles. The van der Waals surface area contributed by atoms with E-state index in [1.54, 1.807) is 0 Å². The fraction of sp³-hybridized carbons (Fsp3) is 0.240.